The molecule has 2 aromatic carbocycles. The number of benzene rings is 2. The monoisotopic (exact) mass is 628 g/mol. The fraction of sp³-hybridized carbons (Fsp3) is 0.344. The summed E-state index contributed by atoms with van der Waals surface area (Å²) in [5.41, 5.74) is 1.78. The number of carbonyl (C=O) groups excluding carboxylic acids is 5. The van der Waals surface area contributed by atoms with Gasteiger partial charge in [0, 0.05) is 44.6 Å². The summed E-state index contributed by atoms with van der Waals surface area (Å²) >= 11 is 0. The van der Waals surface area contributed by atoms with Gasteiger partial charge in [0.15, 0.2) is 6.10 Å². The van der Waals surface area contributed by atoms with E-state index < -0.39 is 53.8 Å². The number of ether oxygens (including phenoxy) is 1. The minimum atomic E-state index is -1.15. The van der Waals surface area contributed by atoms with Crippen LogP contribution in [0.5, 0.6) is 0 Å². The van der Waals surface area contributed by atoms with Gasteiger partial charge < -0.3 is 35.8 Å². The molecular weight excluding hydrogens is 592 g/mol. The van der Waals surface area contributed by atoms with Crippen LogP contribution in [-0.2, 0) is 30.3 Å². The third kappa shape index (κ3) is 8.21. The predicted molar refractivity (Wildman–Crippen MR) is 167 cm³/mol. The number of hydrogen-bond donors (Lipinski definition) is 4. The lowest BCUT2D eigenvalue weighted by atomic mass is 10.0. The molecule has 14 heteroatoms. The molecule has 2 fully saturated rings. The van der Waals surface area contributed by atoms with Gasteiger partial charge in [-0.05, 0) is 24.6 Å². The highest BCUT2D eigenvalue weighted by Gasteiger charge is 2.38. The molecule has 46 heavy (non-hydrogen) atoms. The maximum absolute atomic E-state index is 13.7. The van der Waals surface area contributed by atoms with Gasteiger partial charge in [-0.15, -0.1) is 0 Å². The standard InChI is InChI=1S/C32H36N8O6/c1-20-28(42)33-16-24-17-40(30(44)22-14-34-32(35-15-22)37-23-11-7-4-8-12-23)18-26(46-24)29(43)38-25(13-21-9-5-3-6-10-21)31(45)39(2)19-27(41)36-20/h3-12,14-15,20,24-26H,13,16-19H2,1-2H3,(H,33,42)(H,36,41)(H,38,43)(H,34,35,37)/t20-,24+,25-,26-/m1/s1. The number of carbonyl (C=O) groups is 5. The summed E-state index contributed by atoms with van der Waals surface area (Å²) in [7, 11) is 1.45. The van der Waals surface area contributed by atoms with Gasteiger partial charge in [0.2, 0.25) is 23.7 Å². The van der Waals surface area contributed by atoms with Crippen LogP contribution in [-0.4, -0.2) is 107 Å². The van der Waals surface area contributed by atoms with Gasteiger partial charge in [-0.25, -0.2) is 9.97 Å². The van der Waals surface area contributed by atoms with Gasteiger partial charge in [-0.2, -0.15) is 0 Å². The van der Waals surface area contributed by atoms with E-state index in [4.69, 9.17) is 4.74 Å². The predicted octanol–water partition coefficient (Wildman–Crippen LogP) is 0.250. The second-order valence-corrected chi connectivity index (χ2v) is 11.2. The molecule has 5 amide bonds. The Kier molecular flexibility index (Phi) is 10.2. The van der Waals surface area contributed by atoms with Crippen molar-refractivity contribution in [3.63, 3.8) is 0 Å². The van der Waals surface area contributed by atoms with E-state index in [2.05, 4.69) is 31.2 Å². The van der Waals surface area contributed by atoms with E-state index in [9.17, 15) is 24.0 Å². The molecule has 0 saturated carbocycles. The molecule has 2 aliphatic heterocycles. The van der Waals surface area contributed by atoms with Gasteiger partial charge in [-0.1, -0.05) is 48.5 Å². The van der Waals surface area contributed by atoms with Crippen LogP contribution < -0.4 is 21.3 Å². The summed E-state index contributed by atoms with van der Waals surface area (Å²) in [5, 5.41) is 11.2. The number of anilines is 2. The third-order valence-corrected chi connectivity index (χ3v) is 7.60. The van der Waals surface area contributed by atoms with Crippen LogP contribution in [0.25, 0.3) is 0 Å². The largest absolute Gasteiger partial charge is 0.360 e. The molecule has 2 aliphatic rings. The first-order valence-electron chi connectivity index (χ1n) is 14.9. The van der Waals surface area contributed by atoms with E-state index in [1.54, 1.807) is 0 Å². The number of nitrogens with one attached hydrogen (secondary N) is 4. The number of amides is 5. The normalized spacial score (nSPS) is 22.9. The summed E-state index contributed by atoms with van der Waals surface area (Å²) < 4.78 is 6.07. The first kappa shape index (κ1) is 32.0. The summed E-state index contributed by atoms with van der Waals surface area (Å²) in [6.45, 7) is 1.12. The van der Waals surface area contributed by atoms with Crippen molar-refractivity contribution in [2.24, 2.45) is 0 Å². The fourth-order valence-electron chi connectivity index (χ4n) is 5.19. The Labute approximate surface area is 265 Å². The summed E-state index contributed by atoms with van der Waals surface area (Å²) in [6, 6.07) is 16.5. The van der Waals surface area contributed by atoms with Gasteiger partial charge >= 0.3 is 0 Å². The highest BCUT2D eigenvalue weighted by Crippen LogP contribution is 2.17. The van der Waals surface area contributed by atoms with Crippen LogP contribution >= 0.6 is 0 Å². The van der Waals surface area contributed by atoms with Crippen molar-refractivity contribution >= 4 is 41.2 Å². The van der Waals surface area contributed by atoms with Gasteiger partial charge in [0.25, 0.3) is 11.8 Å². The van der Waals surface area contributed by atoms with Crippen molar-refractivity contribution in [3.05, 3.63) is 84.2 Å². The van der Waals surface area contributed by atoms with Crippen LogP contribution in [0.3, 0.4) is 0 Å². The Morgan fingerprint density at radius 3 is 2.30 bits per heavy atom. The molecule has 0 radical (unpaired) electrons. The highest BCUT2D eigenvalue weighted by molar-refractivity contribution is 5.96. The van der Waals surface area contributed by atoms with Crippen LogP contribution in [0.4, 0.5) is 11.6 Å². The molecule has 2 saturated heterocycles. The van der Waals surface area contributed by atoms with Gasteiger partial charge in [0.05, 0.1) is 24.8 Å². The zero-order chi connectivity index (χ0) is 32.6. The average Bonchev–Trinajstić information content (AvgIpc) is 3.06. The smallest absolute Gasteiger partial charge is 0.257 e. The van der Waals surface area contributed by atoms with Gasteiger partial charge in [-0.3, -0.25) is 24.0 Å². The first-order valence-corrected chi connectivity index (χ1v) is 14.9. The molecule has 4 N–H and O–H groups in total. The molecule has 2 bridgehead atoms. The van der Waals surface area contributed by atoms with Crippen LogP contribution in [0.15, 0.2) is 73.1 Å². The third-order valence-electron chi connectivity index (χ3n) is 7.60. The first-order chi connectivity index (χ1) is 22.2. The molecule has 5 rings (SSSR count). The van der Waals surface area contributed by atoms with Crippen LogP contribution in [0.1, 0.15) is 22.8 Å². The van der Waals surface area contributed by atoms with E-state index >= 15 is 0 Å². The van der Waals surface area contributed by atoms with Crippen molar-refractivity contribution in [2.45, 2.75) is 37.6 Å². The number of aromatic nitrogens is 2. The molecule has 1 aromatic heterocycles. The summed E-state index contributed by atoms with van der Waals surface area (Å²) in [4.78, 5) is 77.4. The topological polar surface area (TPSA) is 175 Å². The van der Waals surface area contributed by atoms with E-state index in [0.29, 0.717) is 5.95 Å². The number of likely N-dealkylation sites (N-methyl/N-ethyl adjacent to an activating group) is 1. The van der Waals surface area contributed by atoms with Crippen molar-refractivity contribution < 1.29 is 28.7 Å². The quantitative estimate of drug-likeness (QED) is 0.309. The molecule has 14 nitrogen and oxygen atoms in total. The molecular formula is C32H36N8O6. The van der Waals surface area contributed by atoms with E-state index in [1.165, 1.54) is 36.2 Å². The number of para-hydroxylation sites is 1. The second-order valence-electron chi connectivity index (χ2n) is 11.2. The summed E-state index contributed by atoms with van der Waals surface area (Å²) in [5.74, 6) is -2.25. The number of nitrogens with zero attached hydrogens (tertiary/aromatic N) is 4. The second kappa shape index (κ2) is 14.6. The fourth-order valence-corrected chi connectivity index (χ4v) is 5.19. The Morgan fingerprint density at radius 1 is 0.935 bits per heavy atom. The number of hydrogen-bond acceptors (Lipinski definition) is 9. The maximum Gasteiger partial charge on any atom is 0.257 e. The Bertz CT molecular complexity index is 1560. The summed E-state index contributed by atoms with van der Waals surface area (Å²) in [6.07, 6.45) is 1.03. The molecule has 3 heterocycles. The minimum absolute atomic E-state index is 0.0324. The number of fused-ring (bicyclic) bond motifs is 2. The van der Waals surface area contributed by atoms with Crippen LogP contribution in [0, 0.1) is 0 Å². The molecule has 240 valence electrons. The average molecular weight is 629 g/mol. The molecule has 0 aliphatic carbocycles. The lowest BCUT2D eigenvalue weighted by Crippen LogP contribution is -2.59. The zero-order valence-corrected chi connectivity index (χ0v) is 25.5. The van der Waals surface area contributed by atoms with Crippen molar-refractivity contribution in [1.29, 1.82) is 0 Å². The van der Waals surface area contributed by atoms with Crippen molar-refractivity contribution in [2.75, 3.05) is 38.5 Å². The SMILES string of the molecule is C[C@H]1NC(=O)CN(C)C(=O)[C@@H](Cc2ccccc2)NC(=O)[C@H]2CN(C(=O)c3cnc(Nc4ccccc4)nc3)C[C@H](CNC1=O)O2. The van der Waals surface area contributed by atoms with Crippen LogP contribution in [0.2, 0.25) is 0 Å². The molecule has 0 spiro atoms. The van der Waals surface area contributed by atoms with Crippen molar-refractivity contribution in [3.8, 4) is 0 Å². The van der Waals surface area contributed by atoms with Crippen molar-refractivity contribution in [1.82, 2.24) is 35.7 Å². The van der Waals surface area contributed by atoms with Gasteiger partial charge in [0.1, 0.15) is 12.1 Å². The Morgan fingerprint density at radius 2 is 1.61 bits per heavy atom. The lowest BCUT2D eigenvalue weighted by molar-refractivity contribution is -0.148. The Balaban J connectivity index is 1.37. The lowest BCUT2D eigenvalue weighted by Gasteiger charge is -2.38. The molecule has 0 unspecified atom stereocenters. The molecule has 3 aromatic rings. The maximum atomic E-state index is 13.7. The minimum Gasteiger partial charge on any atom is -0.360 e. The Hall–Kier alpha value is -5.37. The van der Waals surface area contributed by atoms with E-state index in [-0.39, 0.29) is 38.2 Å². The highest BCUT2D eigenvalue weighted by atomic mass is 16.5. The molecule has 4 atom stereocenters. The number of morpholine rings is 1. The van der Waals surface area contributed by atoms with E-state index in [0.717, 1.165) is 11.3 Å². The van der Waals surface area contributed by atoms with E-state index in [1.807, 2.05) is 60.7 Å². The number of rotatable bonds is 5. The zero-order valence-electron chi connectivity index (χ0n) is 25.5.